The first-order chi connectivity index (χ1) is 7.15. The van der Waals surface area contributed by atoms with Crippen LogP contribution in [0.4, 0.5) is 0 Å². The molecule has 0 aromatic carbocycles. The van der Waals surface area contributed by atoms with Gasteiger partial charge in [-0.1, -0.05) is 12.8 Å². The molecule has 0 spiro atoms. The Morgan fingerprint density at radius 2 is 2.27 bits per heavy atom. The Bertz CT molecular complexity index is 207. The second-order valence-electron chi connectivity index (χ2n) is 4.38. The minimum Gasteiger partial charge on any atom is -0.344 e. The molecule has 1 aliphatic rings. The second-order valence-corrected chi connectivity index (χ2v) is 5.37. The number of thioether (sulfide) groups is 1. The van der Waals surface area contributed by atoms with E-state index in [-0.39, 0.29) is 11.9 Å². The number of amides is 1. The van der Waals surface area contributed by atoms with E-state index in [4.69, 9.17) is 5.73 Å². The standard InChI is InChI=1S/C11H22N2OS/c1-13(7-5-9-3-4-9)11(14)10(12)6-8-15-2/h9-10H,3-8,12H2,1-2H3. The highest BCUT2D eigenvalue weighted by molar-refractivity contribution is 7.98. The van der Waals surface area contributed by atoms with E-state index in [1.807, 2.05) is 13.3 Å². The van der Waals surface area contributed by atoms with E-state index >= 15 is 0 Å². The van der Waals surface area contributed by atoms with Gasteiger partial charge in [-0.05, 0) is 30.8 Å². The molecule has 1 fully saturated rings. The molecule has 0 aromatic heterocycles. The van der Waals surface area contributed by atoms with Gasteiger partial charge in [0.15, 0.2) is 0 Å². The van der Waals surface area contributed by atoms with Crippen LogP contribution in [0.25, 0.3) is 0 Å². The maximum atomic E-state index is 11.8. The number of carbonyl (C=O) groups is 1. The lowest BCUT2D eigenvalue weighted by Gasteiger charge is -2.21. The van der Waals surface area contributed by atoms with Crippen LogP contribution in [0.15, 0.2) is 0 Å². The zero-order chi connectivity index (χ0) is 11.3. The van der Waals surface area contributed by atoms with Gasteiger partial charge >= 0.3 is 0 Å². The lowest BCUT2D eigenvalue weighted by molar-refractivity contribution is -0.131. The molecule has 15 heavy (non-hydrogen) atoms. The lowest BCUT2D eigenvalue weighted by Crippen LogP contribution is -2.42. The van der Waals surface area contributed by atoms with E-state index in [0.29, 0.717) is 0 Å². The van der Waals surface area contributed by atoms with Crippen LogP contribution in [-0.4, -0.2) is 42.4 Å². The normalized spacial score (nSPS) is 17.5. The zero-order valence-electron chi connectivity index (χ0n) is 9.74. The van der Waals surface area contributed by atoms with Crippen LogP contribution >= 0.6 is 11.8 Å². The summed E-state index contributed by atoms with van der Waals surface area (Å²) in [6.45, 7) is 0.871. The molecule has 1 rings (SSSR count). The molecule has 2 N–H and O–H groups in total. The highest BCUT2D eigenvalue weighted by Gasteiger charge is 2.23. The fourth-order valence-corrected chi connectivity index (χ4v) is 2.03. The molecule has 4 heteroatoms. The van der Waals surface area contributed by atoms with Gasteiger partial charge in [0.2, 0.25) is 5.91 Å². The molecule has 0 aliphatic heterocycles. The van der Waals surface area contributed by atoms with Crippen LogP contribution < -0.4 is 5.73 Å². The van der Waals surface area contributed by atoms with Gasteiger partial charge in [0.25, 0.3) is 0 Å². The van der Waals surface area contributed by atoms with Crippen molar-refractivity contribution in [3.8, 4) is 0 Å². The fourth-order valence-electron chi connectivity index (χ4n) is 1.54. The minimum absolute atomic E-state index is 0.102. The molecular weight excluding hydrogens is 208 g/mol. The largest absolute Gasteiger partial charge is 0.344 e. The van der Waals surface area contributed by atoms with Gasteiger partial charge in [-0.15, -0.1) is 0 Å². The Kier molecular flexibility index (Phi) is 5.47. The Labute approximate surface area is 96.8 Å². The first-order valence-electron chi connectivity index (χ1n) is 5.64. The van der Waals surface area contributed by atoms with E-state index in [0.717, 1.165) is 31.1 Å². The molecule has 0 aromatic rings. The Hall–Kier alpha value is -0.220. The lowest BCUT2D eigenvalue weighted by atomic mass is 10.2. The molecule has 1 unspecified atom stereocenters. The highest BCUT2D eigenvalue weighted by Crippen LogP contribution is 2.32. The number of likely N-dealkylation sites (N-methyl/N-ethyl adjacent to an activating group) is 1. The van der Waals surface area contributed by atoms with Gasteiger partial charge in [0, 0.05) is 13.6 Å². The molecule has 1 amide bonds. The van der Waals surface area contributed by atoms with Crippen molar-refractivity contribution < 1.29 is 4.79 Å². The molecule has 0 radical (unpaired) electrons. The molecule has 1 saturated carbocycles. The number of rotatable bonds is 7. The summed E-state index contributed by atoms with van der Waals surface area (Å²) in [4.78, 5) is 13.6. The first kappa shape index (κ1) is 12.8. The van der Waals surface area contributed by atoms with Crippen molar-refractivity contribution in [3.63, 3.8) is 0 Å². The predicted octanol–water partition coefficient (Wildman–Crippen LogP) is 1.33. The highest BCUT2D eigenvalue weighted by atomic mass is 32.2. The molecule has 88 valence electrons. The zero-order valence-corrected chi connectivity index (χ0v) is 10.6. The van der Waals surface area contributed by atoms with E-state index in [1.54, 1.807) is 16.7 Å². The Balaban J connectivity index is 2.17. The third-order valence-corrected chi connectivity index (χ3v) is 3.54. The number of hydrogen-bond acceptors (Lipinski definition) is 3. The fraction of sp³-hybridized carbons (Fsp3) is 0.909. The van der Waals surface area contributed by atoms with E-state index in [1.165, 1.54) is 12.8 Å². The average molecular weight is 230 g/mol. The van der Waals surface area contributed by atoms with Crippen molar-refractivity contribution in [3.05, 3.63) is 0 Å². The molecule has 0 heterocycles. The smallest absolute Gasteiger partial charge is 0.239 e. The van der Waals surface area contributed by atoms with Crippen molar-refractivity contribution in [1.82, 2.24) is 4.90 Å². The van der Waals surface area contributed by atoms with Crippen LogP contribution in [-0.2, 0) is 4.79 Å². The number of nitrogens with zero attached hydrogens (tertiary/aromatic N) is 1. The summed E-state index contributed by atoms with van der Waals surface area (Å²) in [7, 11) is 1.86. The molecule has 0 bridgehead atoms. The van der Waals surface area contributed by atoms with Gasteiger partial charge < -0.3 is 10.6 Å². The topological polar surface area (TPSA) is 46.3 Å². The SMILES string of the molecule is CSCCC(N)C(=O)N(C)CCC1CC1. The third-order valence-electron chi connectivity index (χ3n) is 2.90. The number of hydrogen-bond donors (Lipinski definition) is 1. The van der Waals surface area contributed by atoms with Gasteiger partial charge in [-0.3, -0.25) is 4.79 Å². The molecule has 3 nitrogen and oxygen atoms in total. The van der Waals surface area contributed by atoms with Crippen molar-refractivity contribution in [2.45, 2.75) is 31.7 Å². The van der Waals surface area contributed by atoms with Crippen LogP contribution in [0.5, 0.6) is 0 Å². The summed E-state index contributed by atoms with van der Waals surface area (Å²) < 4.78 is 0. The maximum Gasteiger partial charge on any atom is 0.239 e. The van der Waals surface area contributed by atoms with E-state index in [9.17, 15) is 4.79 Å². The van der Waals surface area contributed by atoms with Gasteiger partial charge in [0.1, 0.15) is 0 Å². The van der Waals surface area contributed by atoms with Crippen LogP contribution in [0.3, 0.4) is 0 Å². The number of carbonyl (C=O) groups excluding carboxylic acids is 1. The quantitative estimate of drug-likeness (QED) is 0.717. The summed E-state index contributed by atoms with van der Waals surface area (Å²) in [6.07, 6.45) is 6.67. The van der Waals surface area contributed by atoms with E-state index < -0.39 is 0 Å². The van der Waals surface area contributed by atoms with Crippen molar-refractivity contribution in [2.75, 3.05) is 25.6 Å². The first-order valence-corrected chi connectivity index (χ1v) is 7.04. The number of nitrogens with two attached hydrogens (primary N) is 1. The summed E-state index contributed by atoms with van der Waals surface area (Å²) in [6, 6.07) is -0.304. The van der Waals surface area contributed by atoms with Crippen LogP contribution in [0.1, 0.15) is 25.7 Å². The van der Waals surface area contributed by atoms with Crippen LogP contribution in [0.2, 0.25) is 0 Å². The Morgan fingerprint density at radius 3 is 2.80 bits per heavy atom. The molecule has 0 saturated heterocycles. The Morgan fingerprint density at radius 1 is 1.60 bits per heavy atom. The van der Waals surface area contributed by atoms with E-state index in [2.05, 4.69) is 0 Å². The predicted molar refractivity (Wildman–Crippen MR) is 66.0 cm³/mol. The summed E-state index contributed by atoms with van der Waals surface area (Å²) >= 11 is 1.74. The molecular formula is C11H22N2OS. The third kappa shape index (κ3) is 4.89. The summed E-state index contributed by atoms with van der Waals surface area (Å²) in [5, 5.41) is 0. The van der Waals surface area contributed by atoms with Gasteiger partial charge in [-0.25, -0.2) is 0 Å². The summed E-state index contributed by atoms with van der Waals surface area (Å²) in [5.41, 5.74) is 5.82. The van der Waals surface area contributed by atoms with Crippen molar-refractivity contribution in [2.24, 2.45) is 11.7 Å². The monoisotopic (exact) mass is 230 g/mol. The van der Waals surface area contributed by atoms with Crippen molar-refractivity contribution in [1.29, 1.82) is 0 Å². The van der Waals surface area contributed by atoms with Crippen LogP contribution in [0, 0.1) is 5.92 Å². The molecule has 1 aliphatic carbocycles. The van der Waals surface area contributed by atoms with Gasteiger partial charge in [0.05, 0.1) is 6.04 Å². The second kappa shape index (κ2) is 6.38. The minimum atomic E-state index is -0.304. The molecule has 1 atom stereocenters. The van der Waals surface area contributed by atoms with Crippen molar-refractivity contribution >= 4 is 17.7 Å². The maximum absolute atomic E-state index is 11.8. The average Bonchev–Trinajstić information content (AvgIpc) is 3.05. The van der Waals surface area contributed by atoms with Gasteiger partial charge in [-0.2, -0.15) is 11.8 Å². The summed E-state index contributed by atoms with van der Waals surface area (Å²) in [5.74, 6) is 1.94.